The van der Waals surface area contributed by atoms with Crippen molar-refractivity contribution in [1.29, 1.82) is 0 Å². The average molecular weight is 245 g/mol. The summed E-state index contributed by atoms with van der Waals surface area (Å²) in [5.74, 6) is 0.648. The van der Waals surface area contributed by atoms with Gasteiger partial charge >= 0.3 is 0 Å². The van der Waals surface area contributed by atoms with E-state index in [1.807, 2.05) is 12.1 Å². The molecule has 1 aromatic carbocycles. The minimum Gasteiger partial charge on any atom is -0.310 e. The molecular formula is C13H19N5. The second kappa shape index (κ2) is 5.73. The Kier molecular flexibility index (Phi) is 4.04. The van der Waals surface area contributed by atoms with Crippen LogP contribution in [0.2, 0.25) is 0 Å². The second-order valence-electron chi connectivity index (χ2n) is 4.87. The molecule has 0 aliphatic heterocycles. The maximum absolute atomic E-state index is 3.90. The van der Waals surface area contributed by atoms with Crippen molar-refractivity contribution >= 4 is 0 Å². The second-order valence-corrected chi connectivity index (χ2v) is 4.87. The fraction of sp³-hybridized carbons (Fsp3) is 0.462. The van der Waals surface area contributed by atoms with Gasteiger partial charge in [0, 0.05) is 6.04 Å². The molecule has 0 bridgehead atoms. The van der Waals surface area contributed by atoms with Crippen LogP contribution in [0.3, 0.4) is 0 Å². The number of nitrogens with one attached hydrogen (secondary N) is 1. The maximum Gasteiger partial charge on any atom is 0.143 e. The molecule has 0 saturated carbocycles. The van der Waals surface area contributed by atoms with Gasteiger partial charge in [-0.1, -0.05) is 26.0 Å². The van der Waals surface area contributed by atoms with E-state index in [1.54, 1.807) is 11.0 Å². The summed E-state index contributed by atoms with van der Waals surface area (Å²) >= 11 is 0. The molecule has 0 spiro atoms. The molecule has 1 atom stereocenters. The number of aromatic nitrogens is 4. The van der Waals surface area contributed by atoms with Gasteiger partial charge in [0.1, 0.15) is 6.33 Å². The third-order valence-electron chi connectivity index (χ3n) is 2.82. The van der Waals surface area contributed by atoms with Crippen LogP contribution in [0.1, 0.15) is 32.4 Å². The average Bonchev–Trinajstić information content (AvgIpc) is 2.90. The van der Waals surface area contributed by atoms with E-state index in [0.29, 0.717) is 12.0 Å². The molecule has 18 heavy (non-hydrogen) atoms. The van der Waals surface area contributed by atoms with E-state index in [2.05, 4.69) is 53.7 Å². The van der Waals surface area contributed by atoms with Gasteiger partial charge in [-0.3, -0.25) is 0 Å². The van der Waals surface area contributed by atoms with E-state index >= 15 is 0 Å². The molecule has 1 unspecified atom stereocenters. The lowest BCUT2D eigenvalue weighted by Crippen LogP contribution is -2.23. The highest BCUT2D eigenvalue weighted by atomic mass is 15.5. The van der Waals surface area contributed by atoms with Crippen molar-refractivity contribution < 1.29 is 0 Å². The summed E-state index contributed by atoms with van der Waals surface area (Å²) in [5.41, 5.74) is 2.22. The molecule has 5 heteroatoms. The molecule has 2 aromatic rings. The van der Waals surface area contributed by atoms with Crippen LogP contribution in [-0.4, -0.2) is 26.8 Å². The number of nitrogens with zero attached hydrogens (tertiary/aromatic N) is 4. The van der Waals surface area contributed by atoms with Crippen LogP contribution in [0.25, 0.3) is 5.69 Å². The fourth-order valence-corrected chi connectivity index (χ4v) is 1.75. The highest BCUT2D eigenvalue weighted by Gasteiger charge is 2.07. The summed E-state index contributed by atoms with van der Waals surface area (Å²) in [4.78, 5) is 0. The van der Waals surface area contributed by atoms with Gasteiger partial charge in [0.15, 0.2) is 0 Å². The van der Waals surface area contributed by atoms with E-state index in [1.165, 1.54) is 5.56 Å². The molecule has 2 rings (SSSR count). The zero-order valence-corrected chi connectivity index (χ0v) is 11.0. The molecule has 0 amide bonds. The zero-order valence-electron chi connectivity index (χ0n) is 11.0. The molecule has 0 saturated heterocycles. The minimum absolute atomic E-state index is 0.323. The van der Waals surface area contributed by atoms with Gasteiger partial charge in [-0.05, 0) is 47.5 Å². The largest absolute Gasteiger partial charge is 0.310 e. The van der Waals surface area contributed by atoms with Crippen molar-refractivity contribution in [2.75, 3.05) is 6.54 Å². The molecule has 96 valence electrons. The van der Waals surface area contributed by atoms with Crippen LogP contribution in [0.5, 0.6) is 0 Å². The van der Waals surface area contributed by atoms with Crippen molar-refractivity contribution in [2.45, 2.75) is 26.8 Å². The molecule has 0 radical (unpaired) electrons. The van der Waals surface area contributed by atoms with Crippen LogP contribution >= 0.6 is 0 Å². The Bertz CT molecular complexity index is 478. The number of rotatable bonds is 5. The molecule has 0 aliphatic rings. The Morgan fingerprint density at radius 1 is 1.28 bits per heavy atom. The maximum atomic E-state index is 3.90. The summed E-state index contributed by atoms with van der Waals surface area (Å²) < 4.78 is 1.67. The molecule has 1 N–H and O–H groups in total. The first-order valence-corrected chi connectivity index (χ1v) is 6.23. The Morgan fingerprint density at radius 2 is 2.11 bits per heavy atom. The zero-order chi connectivity index (χ0) is 13.0. The third kappa shape index (κ3) is 3.13. The van der Waals surface area contributed by atoms with Crippen molar-refractivity contribution in [3.8, 4) is 5.69 Å². The first kappa shape index (κ1) is 12.7. The van der Waals surface area contributed by atoms with Gasteiger partial charge in [0.05, 0.1) is 5.69 Å². The molecule has 5 nitrogen and oxygen atoms in total. The van der Waals surface area contributed by atoms with Crippen LogP contribution in [-0.2, 0) is 0 Å². The van der Waals surface area contributed by atoms with E-state index < -0.39 is 0 Å². The Labute approximate surface area is 107 Å². The molecule has 0 aliphatic carbocycles. The molecule has 1 aromatic heterocycles. The summed E-state index contributed by atoms with van der Waals surface area (Å²) in [6.07, 6.45) is 1.60. The van der Waals surface area contributed by atoms with E-state index in [9.17, 15) is 0 Å². The van der Waals surface area contributed by atoms with Crippen molar-refractivity contribution in [3.63, 3.8) is 0 Å². The van der Waals surface area contributed by atoms with Gasteiger partial charge in [-0.2, -0.15) is 0 Å². The van der Waals surface area contributed by atoms with Crippen LogP contribution in [0, 0.1) is 5.92 Å². The molecular weight excluding hydrogens is 226 g/mol. The lowest BCUT2D eigenvalue weighted by molar-refractivity contribution is 0.496. The Hall–Kier alpha value is -1.75. The Balaban J connectivity index is 2.12. The lowest BCUT2D eigenvalue weighted by Gasteiger charge is -2.16. The first-order chi connectivity index (χ1) is 8.66. The van der Waals surface area contributed by atoms with Gasteiger partial charge in [0.25, 0.3) is 0 Å². The predicted octanol–water partition coefficient (Wildman–Crippen LogP) is 1.97. The van der Waals surface area contributed by atoms with Crippen molar-refractivity contribution in [3.05, 3.63) is 36.2 Å². The van der Waals surface area contributed by atoms with Crippen LogP contribution in [0.4, 0.5) is 0 Å². The molecule has 0 fully saturated rings. The van der Waals surface area contributed by atoms with Crippen LogP contribution < -0.4 is 5.32 Å². The topological polar surface area (TPSA) is 55.6 Å². The quantitative estimate of drug-likeness (QED) is 0.875. The van der Waals surface area contributed by atoms with Gasteiger partial charge < -0.3 is 5.32 Å². The van der Waals surface area contributed by atoms with Gasteiger partial charge in [0.2, 0.25) is 0 Å². The monoisotopic (exact) mass is 245 g/mol. The van der Waals surface area contributed by atoms with Crippen LogP contribution in [0.15, 0.2) is 30.6 Å². The highest BCUT2D eigenvalue weighted by Crippen LogP contribution is 2.16. The standard InChI is InChI=1S/C13H19N5/c1-10(2)8-14-11(3)12-5-4-6-13(7-12)18-9-15-16-17-18/h4-7,9-11,14H,8H2,1-3H3. The fourth-order valence-electron chi connectivity index (χ4n) is 1.75. The van der Waals surface area contributed by atoms with Gasteiger partial charge in [-0.15, -0.1) is 5.10 Å². The third-order valence-corrected chi connectivity index (χ3v) is 2.82. The van der Waals surface area contributed by atoms with E-state index in [0.717, 1.165) is 12.2 Å². The normalized spacial score (nSPS) is 12.9. The van der Waals surface area contributed by atoms with Crippen molar-refractivity contribution in [1.82, 2.24) is 25.5 Å². The van der Waals surface area contributed by atoms with E-state index in [-0.39, 0.29) is 0 Å². The summed E-state index contributed by atoms with van der Waals surface area (Å²) in [7, 11) is 0. The smallest absolute Gasteiger partial charge is 0.143 e. The number of hydrogen-bond donors (Lipinski definition) is 1. The lowest BCUT2D eigenvalue weighted by atomic mass is 10.1. The SMILES string of the molecule is CC(C)CNC(C)c1cccc(-n2cnnn2)c1. The minimum atomic E-state index is 0.323. The Morgan fingerprint density at radius 3 is 2.78 bits per heavy atom. The molecule has 1 heterocycles. The summed E-state index contributed by atoms with van der Waals surface area (Å²) in [5, 5.41) is 14.7. The highest BCUT2D eigenvalue weighted by molar-refractivity contribution is 5.35. The first-order valence-electron chi connectivity index (χ1n) is 6.23. The van der Waals surface area contributed by atoms with Gasteiger partial charge in [-0.25, -0.2) is 4.68 Å². The summed E-state index contributed by atoms with van der Waals surface area (Å²) in [6, 6.07) is 8.57. The van der Waals surface area contributed by atoms with E-state index in [4.69, 9.17) is 0 Å². The number of benzene rings is 1. The number of tetrazole rings is 1. The predicted molar refractivity (Wildman–Crippen MR) is 70.4 cm³/mol. The number of hydrogen-bond acceptors (Lipinski definition) is 4. The van der Waals surface area contributed by atoms with Crippen molar-refractivity contribution in [2.24, 2.45) is 5.92 Å². The summed E-state index contributed by atoms with van der Waals surface area (Å²) in [6.45, 7) is 7.59.